The molecule has 0 radical (unpaired) electrons. The van der Waals surface area contributed by atoms with Gasteiger partial charge in [-0.1, -0.05) is 0 Å². The van der Waals surface area contributed by atoms with Crippen LogP contribution in [0.3, 0.4) is 0 Å². The summed E-state index contributed by atoms with van der Waals surface area (Å²) in [7, 11) is 0. The Bertz CT molecular complexity index is 1490. The number of fused-ring (bicyclic) bond motifs is 1. The fourth-order valence-electron chi connectivity index (χ4n) is 5.73. The van der Waals surface area contributed by atoms with E-state index in [9.17, 15) is 18.0 Å². The Balaban J connectivity index is 0.989. The van der Waals surface area contributed by atoms with E-state index in [4.69, 9.17) is 4.74 Å². The summed E-state index contributed by atoms with van der Waals surface area (Å²) in [6, 6.07) is 17.5. The topological polar surface area (TPSA) is 57.7 Å². The number of halogens is 3. The largest absolute Gasteiger partial charge is 0.490 e. The molecule has 4 heterocycles. The first kappa shape index (κ1) is 28.5. The van der Waals surface area contributed by atoms with Crippen molar-refractivity contribution in [1.82, 2.24) is 15.2 Å². The van der Waals surface area contributed by atoms with Crippen LogP contribution in [0.1, 0.15) is 46.5 Å². The number of benzene rings is 2. The summed E-state index contributed by atoms with van der Waals surface area (Å²) >= 11 is 1.49. The molecule has 0 aliphatic carbocycles. The van der Waals surface area contributed by atoms with Gasteiger partial charge in [0, 0.05) is 74.4 Å². The molecule has 2 aliphatic heterocycles. The zero-order valence-electron chi connectivity index (χ0n) is 23.1. The van der Waals surface area contributed by atoms with Crippen LogP contribution in [-0.4, -0.2) is 54.1 Å². The number of ether oxygens (including phenoxy) is 1. The number of nitrogens with one attached hydrogen (secondary N) is 1. The van der Waals surface area contributed by atoms with Crippen LogP contribution < -0.4 is 15.0 Å². The van der Waals surface area contributed by atoms with Crippen molar-refractivity contribution in [3.63, 3.8) is 0 Å². The third kappa shape index (κ3) is 6.87. The second kappa shape index (κ2) is 12.3. The zero-order chi connectivity index (χ0) is 29.1. The van der Waals surface area contributed by atoms with E-state index >= 15 is 0 Å². The van der Waals surface area contributed by atoms with Crippen LogP contribution >= 0.6 is 11.3 Å². The highest BCUT2D eigenvalue weighted by Crippen LogP contribution is 2.33. The van der Waals surface area contributed by atoms with Crippen LogP contribution in [0.2, 0.25) is 0 Å². The number of hydrogen-bond donors (Lipinski definition) is 1. The standard InChI is InChI=1S/C32H33F3N4O2S/c33-32(34,35)24-1-3-26(4-2-24)39-17-11-27(12-18-39)41-28-5-6-29-23(19-28)20-30(42-29)31(40)37-25-9-15-38(16-10-25)21-22-7-13-36-14-8-22/h1-8,13-14,19-20,25,27H,9-12,15-18,21H2,(H,37,40). The first-order chi connectivity index (χ1) is 20.3. The van der Waals surface area contributed by atoms with E-state index in [0.717, 1.165) is 79.0 Å². The molecule has 0 saturated carbocycles. The van der Waals surface area contributed by atoms with Gasteiger partial charge in [-0.25, -0.2) is 0 Å². The number of hydrogen-bond acceptors (Lipinski definition) is 6. The van der Waals surface area contributed by atoms with Gasteiger partial charge in [0.1, 0.15) is 11.9 Å². The van der Waals surface area contributed by atoms with Crippen LogP contribution in [0.25, 0.3) is 10.1 Å². The number of carbonyl (C=O) groups excluding carboxylic acids is 1. The number of pyridine rings is 1. The molecule has 0 bridgehead atoms. The second-order valence-electron chi connectivity index (χ2n) is 11.0. The summed E-state index contributed by atoms with van der Waals surface area (Å²) in [5.74, 6) is 0.740. The Morgan fingerprint density at radius 2 is 1.64 bits per heavy atom. The smallest absolute Gasteiger partial charge is 0.416 e. The molecule has 6 nitrogen and oxygen atoms in total. The third-order valence-corrected chi connectivity index (χ3v) is 9.21. The Morgan fingerprint density at radius 3 is 2.33 bits per heavy atom. The lowest BCUT2D eigenvalue weighted by Crippen LogP contribution is -2.44. The van der Waals surface area contributed by atoms with Gasteiger partial charge in [0.05, 0.1) is 10.4 Å². The molecule has 2 aromatic carbocycles. The Morgan fingerprint density at radius 1 is 0.929 bits per heavy atom. The number of piperidine rings is 2. The molecule has 1 N–H and O–H groups in total. The predicted octanol–water partition coefficient (Wildman–Crippen LogP) is 6.76. The molecular formula is C32H33F3N4O2S. The predicted molar refractivity (Wildman–Crippen MR) is 159 cm³/mol. The van der Waals surface area contributed by atoms with Gasteiger partial charge in [-0.15, -0.1) is 11.3 Å². The number of carbonyl (C=O) groups is 1. The maximum atomic E-state index is 13.1. The van der Waals surface area contributed by atoms with Crippen LogP contribution in [0.15, 0.2) is 73.1 Å². The van der Waals surface area contributed by atoms with E-state index in [2.05, 4.69) is 20.1 Å². The van der Waals surface area contributed by atoms with Crippen LogP contribution in [-0.2, 0) is 12.7 Å². The highest BCUT2D eigenvalue weighted by Gasteiger charge is 2.30. The van der Waals surface area contributed by atoms with Gasteiger partial charge in [-0.05, 0) is 84.5 Å². The Labute approximate surface area is 247 Å². The highest BCUT2D eigenvalue weighted by molar-refractivity contribution is 7.20. The molecule has 2 saturated heterocycles. The molecule has 220 valence electrons. The normalized spacial score (nSPS) is 17.5. The number of nitrogens with zero attached hydrogens (tertiary/aromatic N) is 3. The maximum Gasteiger partial charge on any atom is 0.416 e. The molecule has 0 spiro atoms. The first-order valence-electron chi connectivity index (χ1n) is 14.3. The molecule has 1 amide bonds. The van der Waals surface area contributed by atoms with Gasteiger partial charge in [0.15, 0.2) is 0 Å². The van der Waals surface area contributed by atoms with Crippen molar-refractivity contribution in [3.05, 3.63) is 89.1 Å². The summed E-state index contributed by atoms with van der Waals surface area (Å²) in [6.45, 7) is 4.23. The van der Waals surface area contributed by atoms with Crippen molar-refractivity contribution in [3.8, 4) is 5.75 Å². The molecule has 4 aromatic rings. The molecule has 2 aliphatic rings. The van der Waals surface area contributed by atoms with Crippen LogP contribution in [0.5, 0.6) is 5.75 Å². The fourth-order valence-corrected chi connectivity index (χ4v) is 6.68. The molecule has 2 aromatic heterocycles. The van der Waals surface area contributed by atoms with Gasteiger partial charge in [-0.3, -0.25) is 14.7 Å². The van der Waals surface area contributed by atoms with Gasteiger partial charge in [0.25, 0.3) is 5.91 Å². The van der Waals surface area contributed by atoms with E-state index in [0.29, 0.717) is 18.0 Å². The Kier molecular flexibility index (Phi) is 8.35. The SMILES string of the molecule is O=C(NC1CCN(Cc2ccncc2)CC1)c1cc2cc(OC3CCN(c4ccc(C(F)(F)F)cc4)CC3)ccc2s1. The van der Waals surface area contributed by atoms with E-state index in [1.807, 2.05) is 48.8 Å². The molecule has 10 heteroatoms. The molecule has 42 heavy (non-hydrogen) atoms. The molecule has 6 rings (SSSR count). The lowest BCUT2D eigenvalue weighted by Gasteiger charge is -2.33. The van der Waals surface area contributed by atoms with Gasteiger partial charge in [-0.2, -0.15) is 13.2 Å². The summed E-state index contributed by atoms with van der Waals surface area (Å²) in [4.78, 5) is 22.3. The minimum atomic E-state index is -4.33. The Hall–Kier alpha value is -3.63. The number of rotatable bonds is 7. The summed E-state index contributed by atoms with van der Waals surface area (Å²) in [5.41, 5.74) is 1.42. The van der Waals surface area contributed by atoms with Gasteiger partial charge in [0.2, 0.25) is 0 Å². The van der Waals surface area contributed by atoms with Crippen molar-refractivity contribution in [1.29, 1.82) is 0 Å². The van der Waals surface area contributed by atoms with Gasteiger partial charge >= 0.3 is 6.18 Å². The van der Waals surface area contributed by atoms with E-state index in [1.165, 1.54) is 29.0 Å². The quantitative estimate of drug-likeness (QED) is 0.256. The summed E-state index contributed by atoms with van der Waals surface area (Å²) in [5, 5.41) is 4.22. The molecular weight excluding hydrogens is 561 g/mol. The monoisotopic (exact) mass is 594 g/mol. The van der Waals surface area contributed by atoms with Crippen molar-refractivity contribution >= 4 is 33.0 Å². The molecule has 2 fully saturated rings. The number of thiophene rings is 1. The zero-order valence-corrected chi connectivity index (χ0v) is 24.0. The third-order valence-electron chi connectivity index (χ3n) is 8.09. The van der Waals surface area contributed by atoms with Crippen molar-refractivity contribution in [2.75, 3.05) is 31.1 Å². The molecule has 0 unspecified atom stereocenters. The van der Waals surface area contributed by atoms with E-state index < -0.39 is 11.7 Å². The number of anilines is 1. The molecule has 0 atom stereocenters. The number of aromatic nitrogens is 1. The maximum absolute atomic E-state index is 13.1. The highest BCUT2D eigenvalue weighted by atomic mass is 32.1. The lowest BCUT2D eigenvalue weighted by atomic mass is 10.0. The minimum absolute atomic E-state index is 0.0260. The summed E-state index contributed by atoms with van der Waals surface area (Å²) in [6.07, 6.45) is 2.75. The summed E-state index contributed by atoms with van der Waals surface area (Å²) < 4.78 is 45.9. The van der Waals surface area contributed by atoms with Gasteiger partial charge < -0.3 is 15.0 Å². The van der Waals surface area contributed by atoms with Crippen molar-refractivity contribution in [2.24, 2.45) is 0 Å². The van der Waals surface area contributed by atoms with E-state index in [-0.39, 0.29) is 18.1 Å². The fraction of sp³-hybridized carbons (Fsp3) is 0.375. The second-order valence-corrected chi connectivity index (χ2v) is 12.1. The van der Waals surface area contributed by atoms with E-state index in [1.54, 1.807) is 0 Å². The van der Waals surface area contributed by atoms with Crippen LogP contribution in [0.4, 0.5) is 18.9 Å². The lowest BCUT2D eigenvalue weighted by molar-refractivity contribution is -0.137. The average molecular weight is 595 g/mol. The number of alkyl halides is 3. The number of likely N-dealkylation sites (tertiary alicyclic amines) is 1. The average Bonchev–Trinajstić information content (AvgIpc) is 3.43. The van der Waals surface area contributed by atoms with Crippen molar-refractivity contribution in [2.45, 2.75) is 50.6 Å². The first-order valence-corrected chi connectivity index (χ1v) is 15.2. The van der Waals surface area contributed by atoms with Crippen LogP contribution in [0, 0.1) is 0 Å². The number of amides is 1. The minimum Gasteiger partial charge on any atom is -0.490 e. The van der Waals surface area contributed by atoms with Crippen molar-refractivity contribution < 1.29 is 22.7 Å².